The fourth-order valence-corrected chi connectivity index (χ4v) is 2.12. The highest BCUT2D eigenvalue weighted by Gasteiger charge is 2.15. The summed E-state index contributed by atoms with van der Waals surface area (Å²) in [5, 5.41) is 8.97. The minimum absolute atomic E-state index is 0.0616. The Morgan fingerprint density at radius 1 is 1.44 bits per heavy atom. The molecule has 2 rings (SSSR count). The minimum Gasteiger partial charge on any atom is -0.486 e. The smallest absolute Gasteiger partial charge is 0.175 e. The number of benzene rings is 1. The van der Waals surface area contributed by atoms with Crippen LogP contribution in [0, 0.1) is 0 Å². The van der Waals surface area contributed by atoms with E-state index >= 15 is 0 Å². The van der Waals surface area contributed by atoms with Crippen LogP contribution in [0.2, 0.25) is 0 Å². The maximum absolute atomic E-state index is 8.97. The second-order valence-electron chi connectivity index (χ2n) is 3.68. The van der Waals surface area contributed by atoms with Crippen molar-refractivity contribution in [3.8, 4) is 11.5 Å². The van der Waals surface area contributed by atoms with Gasteiger partial charge in [-0.2, -0.15) is 0 Å². The van der Waals surface area contributed by atoms with Crippen molar-refractivity contribution in [2.75, 3.05) is 19.8 Å². The number of hydrogen-bond acceptors (Lipinski definition) is 3. The summed E-state index contributed by atoms with van der Waals surface area (Å²) in [7, 11) is 0. The maximum Gasteiger partial charge on any atom is 0.175 e. The first-order chi connectivity index (χ1) is 7.70. The van der Waals surface area contributed by atoms with Crippen LogP contribution in [0.15, 0.2) is 22.2 Å². The number of fused-ring (bicyclic) bond motifs is 1. The summed E-state index contributed by atoms with van der Waals surface area (Å²) < 4.78 is 11.9. The number of aliphatic hydroxyl groups excluding tert-OH is 1. The molecule has 1 aliphatic rings. The van der Waals surface area contributed by atoms with E-state index in [9.17, 15) is 0 Å². The first kappa shape index (κ1) is 11.5. The van der Waals surface area contributed by atoms with Gasteiger partial charge in [0, 0.05) is 0 Å². The largest absolute Gasteiger partial charge is 0.486 e. The third-order valence-corrected chi connectivity index (χ3v) is 2.87. The molecular weight excluding hydrogens is 272 g/mol. The van der Waals surface area contributed by atoms with E-state index in [1.807, 2.05) is 25.1 Å². The zero-order valence-electron chi connectivity index (χ0n) is 9.00. The average Bonchev–Trinajstić information content (AvgIpc) is 2.29. The zero-order valence-corrected chi connectivity index (χ0v) is 10.6. The Bertz CT molecular complexity index is 427. The molecule has 3 nitrogen and oxygen atoms in total. The first-order valence-electron chi connectivity index (χ1n) is 5.08. The average molecular weight is 285 g/mol. The fourth-order valence-electron chi connectivity index (χ4n) is 1.54. The van der Waals surface area contributed by atoms with Crippen LogP contribution in [0.1, 0.15) is 12.5 Å². The Morgan fingerprint density at radius 3 is 2.94 bits per heavy atom. The van der Waals surface area contributed by atoms with Crippen LogP contribution >= 0.6 is 15.9 Å². The van der Waals surface area contributed by atoms with Crippen LogP contribution < -0.4 is 9.47 Å². The van der Waals surface area contributed by atoms with Crippen LogP contribution in [0.4, 0.5) is 0 Å². The molecule has 0 fully saturated rings. The van der Waals surface area contributed by atoms with Gasteiger partial charge in [-0.05, 0) is 46.1 Å². The van der Waals surface area contributed by atoms with Crippen molar-refractivity contribution in [1.29, 1.82) is 0 Å². The lowest BCUT2D eigenvalue weighted by molar-refractivity contribution is 0.170. The van der Waals surface area contributed by atoms with Gasteiger partial charge in [0.05, 0.1) is 11.1 Å². The van der Waals surface area contributed by atoms with Gasteiger partial charge in [-0.3, -0.25) is 0 Å². The second kappa shape index (κ2) is 4.89. The zero-order chi connectivity index (χ0) is 11.5. The fraction of sp³-hybridized carbons (Fsp3) is 0.333. The van der Waals surface area contributed by atoms with E-state index < -0.39 is 0 Å². The molecule has 0 amide bonds. The molecule has 86 valence electrons. The molecule has 0 bridgehead atoms. The summed E-state index contributed by atoms with van der Waals surface area (Å²) in [4.78, 5) is 0. The standard InChI is InChI=1S/C12H13BrO3/c1-8(7-14)4-9-5-10(13)12-11(6-9)15-2-3-16-12/h4-6,14H,2-3,7H2,1H3. The topological polar surface area (TPSA) is 38.7 Å². The summed E-state index contributed by atoms with van der Waals surface area (Å²) in [6, 6.07) is 3.87. The molecule has 0 saturated heterocycles. The second-order valence-corrected chi connectivity index (χ2v) is 4.53. The highest BCUT2D eigenvalue weighted by Crippen LogP contribution is 2.38. The van der Waals surface area contributed by atoms with Crippen LogP contribution in [0.3, 0.4) is 0 Å². The van der Waals surface area contributed by atoms with Crippen molar-refractivity contribution >= 4 is 22.0 Å². The van der Waals surface area contributed by atoms with Gasteiger partial charge in [0.15, 0.2) is 11.5 Å². The van der Waals surface area contributed by atoms with Gasteiger partial charge in [-0.1, -0.05) is 6.08 Å². The molecule has 16 heavy (non-hydrogen) atoms. The molecule has 1 aromatic rings. The lowest BCUT2D eigenvalue weighted by Gasteiger charge is -2.20. The van der Waals surface area contributed by atoms with E-state index in [4.69, 9.17) is 14.6 Å². The Kier molecular flexibility index (Phi) is 3.51. The number of aliphatic hydroxyl groups is 1. The summed E-state index contributed by atoms with van der Waals surface area (Å²) in [5.41, 5.74) is 1.89. The normalized spacial score (nSPS) is 15.1. The Hall–Kier alpha value is -1.00. The van der Waals surface area contributed by atoms with Gasteiger partial charge >= 0.3 is 0 Å². The summed E-state index contributed by atoms with van der Waals surface area (Å²) in [6.45, 7) is 3.10. The predicted molar refractivity (Wildman–Crippen MR) is 65.9 cm³/mol. The van der Waals surface area contributed by atoms with E-state index in [1.54, 1.807) is 0 Å². The maximum atomic E-state index is 8.97. The molecule has 0 radical (unpaired) electrons. The molecule has 0 saturated carbocycles. The highest BCUT2D eigenvalue weighted by atomic mass is 79.9. The van der Waals surface area contributed by atoms with Gasteiger partial charge in [-0.15, -0.1) is 0 Å². The van der Waals surface area contributed by atoms with Gasteiger partial charge in [-0.25, -0.2) is 0 Å². The van der Waals surface area contributed by atoms with Crippen molar-refractivity contribution in [2.45, 2.75) is 6.92 Å². The predicted octanol–water partition coefficient (Wildman–Crippen LogP) is 2.62. The Balaban J connectivity index is 2.39. The first-order valence-corrected chi connectivity index (χ1v) is 5.87. The quantitative estimate of drug-likeness (QED) is 0.907. The number of halogens is 1. The molecule has 1 heterocycles. The van der Waals surface area contributed by atoms with Crippen molar-refractivity contribution in [3.05, 3.63) is 27.7 Å². The van der Waals surface area contributed by atoms with Gasteiger partial charge < -0.3 is 14.6 Å². The van der Waals surface area contributed by atoms with Crippen LogP contribution in [-0.4, -0.2) is 24.9 Å². The molecule has 1 aromatic carbocycles. The third kappa shape index (κ3) is 2.39. The lowest BCUT2D eigenvalue weighted by atomic mass is 10.1. The minimum atomic E-state index is 0.0616. The van der Waals surface area contributed by atoms with E-state index in [-0.39, 0.29) is 6.61 Å². The monoisotopic (exact) mass is 284 g/mol. The molecule has 0 aromatic heterocycles. The summed E-state index contributed by atoms with van der Waals surface area (Å²) in [6.07, 6.45) is 1.92. The molecule has 0 atom stereocenters. The lowest BCUT2D eigenvalue weighted by Crippen LogP contribution is -2.15. The summed E-state index contributed by atoms with van der Waals surface area (Å²) in [5.74, 6) is 1.50. The van der Waals surface area contributed by atoms with E-state index in [1.165, 1.54) is 0 Å². The van der Waals surface area contributed by atoms with Crippen LogP contribution in [0.25, 0.3) is 6.08 Å². The van der Waals surface area contributed by atoms with E-state index in [0.717, 1.165) is 27.1 Å². The Morgan fingerprint density at radius 2 is 2.19 bits per heavy atom. The third-order valence-electron chi connectivity index (χ3n) is 2.28. The van der Waals surface area contributed by atoms with Crippen molar-refractivity contribution in [3.63, 3.8) is 0 Å². The molecule has 1 N–H and O–H groups in total. The van der Waals surface area contributed by atoms with Crippen molar-refractivity contribution in [1.82, 2.24) is 0 Å². The highest BCUT2D eigenvalue weighted by molar-refractivity contribution is 9.10. The van der Waals surface area contributed by atoms with Gasteiger partial charge in [0.2, 0.25) is 0 Å². The molecule has 0 aliphatic carbocycles. The molecule has 4 heteroatoms. The van der Waals surface area contributed by atoms with Crippen molar-refractivity contribution < 1.29 is 14.6 Å². The number of rotatable bonds is 2. The number of ether oxygens (including phenoxy) is 2. The summed E-state index contributed by atoms with van der Waals surface area (Å²) >= 11 is 3.45. The van der Waals surface area contributed by atoms with Crippen LogP contribution in [-0.2, 0) is 0 Å². The molecule has 0 unspecified atom stereocenters. The van der Waals surface area contributed by atoms with Crippen molar-refractivity contribution in [2.24, 2.45) is 0 Å². The van der Waals surface area contributed by atoms with E-state index in [0.29, 0.717) is 13.2 Å². The molecule has 1 aliphatic heterocycles. The van der Waals surface area contributed by atoms with Gasteiger partial charge in [0.25, 0.3) is 0 Å². The molecule has 0 spiro atoms. The number of hydrogen-bond donors (Lipinski definition) is 1. The van der Waals surface area contributed by atoms with Gasteiger partial charge in [0.1, 0.15) is 13.2 Å². The SMILES string of the molecule is CC(=Cc1cc(Br)c2c(c1)OCCO2)CO. The molecular formula is C12H13BrO3. The van der Waals surface area contributed by atoms with E-state index in [2.05, 4.69) is 15.9 Å². The Labute approximate surface area is 103 Å². The van der Waals surface area contributed by atoms with Crippen LogP contribution in [0.5, 0.6) is 11.5 Å².